The average molecular weight is 313 g/mol. The van der Waals surface area contributed by atoms with E-state index in [9.17, 15) is 8.78 Å². The minimum Gasteiger partial charge on any atom is -0.394 e. The molecule has 2 nitrogen and oxygen atoms in total. The summed E-state index contributed by atoms with van der Waals surface area (Å²) in [5, 5.41) is 8.91. The van der Waals surface area contributed by atoms with Crippen molar-refractivity contribution in [3.63, 3.8) is 0 Å². The van der Waals surface area contributed by atoms with Gasteiger partial charge in [0.05, 0.1) is 12.1 Å². The molecule has 0 radical (unpaired) electrons. The minimum absolute atomic E-state index is 0.277. The van der Waals surface area contributed by atoms with Crippen molar-refractivity contribution in [2.24, 2.45) is 5.73 Å². The number of halogens is 3. The lowest BCUT2D eigenvalue weighted by molar-refractivity contribution is 0.202. The molecule has 78 valence electrons. The molecule has 1 aromatic carbocycles. The maximum Gasteiger partial charge on any atom is 0.132 e. The van der Waals surface area contributed by atoms with Crippen LogP contribution in [0.3, 0.4) is 0 Å². The molecule has 0 aromatic heterocycles. The second kappa shape index (κ2) is 4.08. The fourth-order valence-electron chi connectivity index (χ4n) is 1.17. The first-order chi connectivity index (χ1) is 6.38. The van der Waals surface area contributed by atoms with Gasteiger partial charge in [0.25, 0.3) is 0 Å². The Balaban J connectivity index is 3.35. The van der Waals surface area contributed by atoms with Gasteiger partial charge in [-0.15, -0.1) is 0 Å². The predicted octanol–water partition coefficient (Wildman–Crippen LogP) is 1.74. The summed E-state index contributed by atoms with van der Waals surface area (Å²) in [7, 11) is 0. The van der Waals surface area contributed by atoms with E-state index in [1.165, 1.54) is 19.1 Å². The van der Waals surface area contributed by atoms with Gasteiger partial charge in [0, 0.05) is 9.13 Å². The van der Waals surface area contributed by atoms with Gasteiger partial charge in [0.1, 0.15) is 11.6 Å². The van der Waals surface area contributed by atoms with Gasteiger partial charge in [-0.3, -0.25) is 0 Å². The molecule has 0 amide bonds. The predicted molar refractivity (Wildman–Crippen MR) is 57.7 cm³/mol. The third-order valence-electron chi connectivity index (χ3n) is 1.91. The summed E-state index contributed by atoms with van der Waals surface area (Å²) in [4.78, 5) is 0. The molecule has 14 heavy (non-hydrogen) atoms. The zero-order valence-corrected chi connectivity index (χ0v) is 9.68. The molecule has 0 bridgehead atoms. The molecule has 0 aliphatic carbocycles. The molecule has 0 spiro atoms. The molecule has 0 fully saturated rings. The van der Waals surface area contributed by atoms with E-state index < -0.39 is 23.8 Å². The monoisotopic (exact) mass is 313 g/mol. The van der Waals surface area contributed by atoms with E-state index in [0.29, 0.717) is 3.57 Å². The van der Waals surface area contributed by atoms with Gasteiger partial charge in [-0.05, 0) is 41.6 Å². The maximum atomic E-state index is 13.4. The lowest BCUT2D eigenvalue weighted by atomic mass is 9.93. The first kappa shape index (κ1) is 11.8. The van der Waals surface area contributed by atoms with E-state index in [1.807, 2.05) is 0 Å². The van der Waals surface area contributed by atoms with Gasteiger partial charge in [-0.2, -0.15) is 0 Å². The van der Waals surface area contributed by atoms with E-state index in [2.05, 4.69) is 0 Å². The normalized spacial score (nSPS) is 15.3. The van der Waals surface area contributed by atoms with Gasteiger partial charge in [0.15, 0.2) is 0 Å². The Kier molecular flexibility index (Phi) is 3.44. The number of hydrogen-bond donors (Lipinski definition) is 2. The van der Waals surface area contributed by atoms with Crippen LogP contribution in [-0.2, 0) is 5.54 Å². The standard InChI is InChI=1S/C9H10F2INO/c1-9(13,4-14)8-6(10)2-5(12)3-7(8)11/h2-3,14H,4,13H2,1H3/t9-/m1/s1. The number of nitrogens with two attached hydrogens (primary N) is 1. The van der Waals surface area contributed by atoms with Crippen LogP contribution in [0.5, 0.6) is 0 Å². The highest BCUT2D eigenvalue weighted by atomic mass is 127. The number of aliphatic hydroxyl groups is 1. The molecular weight excluding hydrogens is 303 g/mol. The van der Waals surface area contributed by atoms with Crippen molar-refractivity contribution in [1.82, 2.24) is 0 Å². The van der Waals surface area contributed by atoms with Gasteiger partial charge >= 0.3 is 0 Å². The van der Waals surface area contributed by atoms with Crippen LogP contribution in [0.4, 0.5) is 8.78 Å². The molecule has 0 unspecified atom stereocenters. The molecular formula is C9H10F2INO. The zero-order valence-electron chi connectivity index (χ0n) is 7.52. The van der Waals surface area contributed by atoms with Gasteiger partial charge in [-0.1, -0.05) is 0 Å². The van der Waals surface area contributed by atoms with Crippen molar-refractivity contribution in [3.8, 4) is 0 Å². The van der Waals surface area contributed by atoms with Crippen LogP contribution in [0.1, 0.15) is 12.5 Å². The highest BCUT2D eigenvalue weighted by Crippen LogP contribution is 2.25. The van der Waals surface area contributed by atoms with Gasteiger partial charge in [-0.25, -0.2) is 8.78 Å². The highest BCUT2D eigenvalue weighted by Gasteiger charge is 2.28. The smallest absolute Gasteiger partial charge is 0.132 e. The zero-order chi connectivity index (χ0) is 10.9. The van der Waals surface area contributed by atoms with Crippen LogP contribution in [0.15, 0.2) is 12.1 Å². The number of aliphatic hydroxyl groups excluding tert-OH is 1. The molecule has 1 atom stereocenters. The summed E-state index contributed by atoms with van der Waals surface area (Å²) in [6, 6.07) is 2.36. The molecule has 0 heterocycles. The van der Waals surface area contributed by atoms with Gasteiger partial charge < -0.3 is 10.8 Å². The second-order valence-electron chi connectivity index (χ2n) is 3.32. The van der Waals surface area contributed by atoms with E-state index >= 15 is 0 Å². The van der Waals surface area contributed by atoms with Crippen molar-refractivity contribution in [2.45, 2.75) is 12.5 Å². The molecule has 0 saturated carbocycles. The number of benzene rings is 1. The largest absolute Gasteiger partial charge is 0.394 e. The van der Waals surface area contributed by atoms with Crippen molar-refractivity contribution >= 4 is 22.6 Å². The molecule has 0 aliphatic rings. The van der Waals surface area contributed by atoms with Crippen molar-refractivity contribution in [3.05, 3.63) is 32.9 Å². The average Bonchev–Trinajstić information content (AvgIpc) is 2.01. The van der Waals surface area contributed by atoms with Crippen molar-refractivity contribution in [2.75, 3.05) is 6.61 Å². The quantitative estimate of drug-likeness (QED) is 0.817. The van der Waals surface area contributed by atoms with Gasteiger partial charge in [0.2, 0.25) is 0 Å². The first-order valence-corrected chi connectivity index (χ1v) is 5.01. The summed E-state index contributed by atoms with van der Waals surface area (Å²) in [5.41, 5.74) is 3.89. The molecule has 0 saturated heterocycles. The Hall–Kier alpha value is -0.270. The van der Waals surface area contributed by atoms with E-state index in [0.717, 1.165) is 0 Å². The molecule has 3 N–H and O–H groups in total. The fourth-order valence-corrected chi connectivity index (χ4v) is 1.71. The number of hydrogen-bond acceptors (Lipinski definition) is 2. The number of rotatable bonds is 2. The Morgan fingerprint density at radius 2 is 1.86 bits per heavy atom. The topological polar surface area (TPSA) is 46.2 Å². The van der Waals surface area contributed by atoms with Crippen molar-refractivity contribution < 1.29 is 13.9 Å². The Morgan fingerprint density at radius 3 is 2.21 bits per heavy atom. The summed E-state index contributed by atoms with van der Waals surface area (Å²) in [6.45, 7) is 0.864. The fraction of sp³-hybridized carbons (Fsp3) is 0.333. The van der Waals surface area contributed by atoms with Crippen LogP contribution in [-0.4, -0.2) is 11.7 Å². The maximum absolute atomic E-state index is 13.4. The van der Waals surface area contributed by atoms with E-state index in [1.54, 1.807) is 22.6 Å². The third-order valence-corrected chi connectivity index (χ3v) is 2.53. The van der Waals surface area contributed by atoms with Crippen LogP contribution in [0, 0.1) is 15.2 Å². The second-order valence-corrected chi connectivity index (χ2v) is 4.57. The van der Waals surface area contributed by atoms with Crippen LogP contribution in [0.25, 0.3) is 0 Å². The minimum atomic E-state index is -1.39. The van der Waals surface area contributed by atoms with Crippen LogP contribution < -0.4 is 5.73 Å². The summed E-state index contributed by atoms with van der Waals surface area (Å²) in [6.07, 6.45) is 0. The summed E-state index contributed by atoms with van der Waals surface area (Å²) in [5.74, 6) is -1.46. The third kappa shape index (κ3) is 2.21. The summed E-state index contributed by atoms with van der Waals surface area (Å²) < 4.78 is 27.2. The first-order valence-electron chi connectivity index (χ1n) is 3.93. The molecule has 1 rings (SSSR count). The van der Waals surface area contributed by atoms with Crippen LogP contribution in [0.2, 0.25) is 0 Å². The Morgan fingerprint density at radius 1 is 1.43 bits per heavy atom. The molecule has 1 aromatic rings. The SMILES string of the molecule is C[C@@](N)(CO)c1c(F)cc(I)cc1F. The Bertz CT molecular complexity index is 332. The van der Waals surface area contributed by atoms with Crippen molar-refractivity contribution in [1.29, 1.82) is 0 Å². The molecule has 5 heteroatoms. The Labute approximate surface area is 94.3 Å². The van der Waals surface area contributed by atoms with E-state index in [-0.39, 0.29) is 5.56 Å². The van der Waals surface area contributed by atoms with Crippen LogP contribution >= 0.6 is 22.6 Å². The molecule has 0 aliphatic heterocycles. The highest BCUT2D eigenvalue weighted by molar-refractivity contribution is 14.1. The lowest BCUT2D eigenvalue weighted by Crippen LogP contribution is -2.39. The van der Waals surface area contributed by atoms with E-state index in [4.69, 9.17) is 10.8 Å². The summed E-state index contributed by atoms with van der Waals surface area (Å²) >= 11 is 1.80. The lowest BCUT2D eigenvalue weighted by Gasteiger charge is -2.23.